The molecule has 2 N–H and O–H groups in total. The zero-order chi connectivity index (χ0) is 27.1. The molecular formula is C30H42I2O2S2Ti. The Labute approximate surface area is 262 Å². The van der Waals surface area contributed by atoms with Crippen LogP contribution in [-0.4, -0.2) is 20.7 Å². The Morgan fingerprint density at radius 3 is 1.43 bits per heavy atom. The van der Waals surface area contributed by atoms with Gasteiger partial charge in [0.1, 0.15) is 0 Å². The fraction of sp³-hybridized carbons (Fsp3) is 0.600. The van der Waals surface area contributed by atoms with Gasteiger partial charge in [-0.15, -0.1) is 0 Å². The van der Waals surface area contributed by atoms with Crippen molar-refractivity contribution < 1.29 is 25.7 Å². The van der Waals surface area contributed by atoms with Crippen LogP contribution in [0.1, 0.15) is 102 Å². The van der Waals surface area contributed by atoms with Crippen LogP contribution in [0.3, 0.4) is 0 Å². The number of benzene rings is 2. The predicted octanol–water partition coefficient (Wildman–Crippen LogP) is 10.2. The second-order valence-corrected chi connectivity index (χ2v) is 26.5. The quantitative estimate of drug-likeness (QED) is 0.239. The molecule has 0 saturated heterocycles. The molecule has 2 nitrogen and oxygen atoms in total. The van der Waals surface area contributed by atoms with E-state index in [0.717, 1.165) is 29.1 Å². The molecule has 1 heterocycles. The van der Waals surface area contributed by atoms with Crippen LogP contribution in [0.5, 0.6) is 11.5 Å². The van der Waals surface area contributed by atoms with E-state index in [1.165, 1.54) is 60.8 Å². The molecular weight excluding hydrogens is 758 g/mol. The molecule has 1 fully saturated rings. The minimum absolute atomic E-state index is 0.0806. The first-order chi connectivity index (χ1) is 17.3. The van der Waals surface area contributed by atoms with E-state index in [0.29, 0.717) is 27.4 Å². The monoisotopic (exact) mass is 800 g/mol. The molecule has 1 saturated carbocycles. The van der Waals surface area contributed by atoms with Crippen molar-refractivity contribution in [1.82, 2.24) is 0 Å². The molecule has 7 heteroatoms. The number of hydrogen-bond donors (Lipinski definition) is 2. The van der Waals surface area contributed by atoms with Crippen molar-refractivity contribution in [2.75, 3.05) is 0 Å². The van der Waals surface area contributed by atoms with E-state index in [4.69, 9.17) is 0 Å². The maximum atomic E-state index is 11.1. The Morgan fingerprint density at radius 2 is 1.08 bits per heavy atom. The number of phenolic OH excluding ortho intramolecular Hbond substituents is 2. The molecule has 204 valence electrons. The number of phenols is 2. The van der Waals surface area contributed by atoms with E-state index in [-0.39, 0.29) is 26.3 Å². The summed E-state index contributed by atoms with van der Waals surface area (Å²) in [5.74, 6) is 3.16. The van der Waals surface area contributed by atoms with Crippen molar-refractivity contribution in [3.8, 4) is 11.5 Å². The summed E-state index contributed by atoms with van der Waals surface area (Å²) in [4.78, 5) is 0. The molecule has 0 bridgehead atoms. The average Bonchev–Trinajstić information content (AvgIpc) is 3.07. The molecule has 0 spiro atoms. The standard InChI is InChI=1S/C30H42I2O2S2.Ti/c1-29(2,3)21-13-19(27(33)23(31)15-21)17-35-25-11-9-7-8-10-12-26(25)36-18-20-14-22(30(4,5)6)16-24(32)28(20)34;/h13-16,25-26,33-34H,7-12,17-18H2,1-6H3;/t25-,26-;/m0./s1. The van der Waals surface area contributed by atoms with Gasteiger partial charge in [-0.1, -0.05) is 0 Å². The van der Waals surface area contributed by atoms with Gasteiger partial charge in [0.05, 0.1) is 0 Å². The zero-order valence-corrected chi connectivity index (χ0v) is 30.6. The van der Waals surface area contributed by atoms with Crippen LogP contribution in [0.15, 0.2) is 24.3 Å². The van der Waals surface area contributed by atoms with Gasteiger partial charge >= 0.3 is 265 Å². The van der Waals surface area contributed by atoms with Crippen LogP contribution in [0, 0.1) is 7.14 Å². The van der Waals surface area contributed by atoms with Gasteiger partial charge in [0.15, 0.2) is 0 Å². The minimum atomic E-state index is -0.186. The van der Waals surface area contributed by atoms with E-state index >= 15 is 0 Å². The topological polar surface area (TPSA) is 40.5 Å². The molecule has 4 rings (SSSR count). The van der Waals surface area contributed by atoms with Gasteiger partial charge in [0.2, 0.25) is 0 Å². The summed E-state index contributed by atoms with van der Waals surface area (Å²) in [7, 11) is 0.770. The Hall–Kier alpha value is 0.914. The van der Waals surface area contributed by atoms with E-state index < -0.39 is 0 Å². The normalized spacial score (nSPS) is 24.5. The van der Waals surface area contributed by atoms with E-state index in [1.54, 1.807) is 0 Å². The Morgan fingerprint density at radius 1 is 0.703 bits per heavy atom. The maximum absolute atomic E-state index is 11.1. The van der Waals surface area contributed by atoms with Crippen molar-refractivity contribution >= 4 is 61.1 Å². The molecule has 2 unspecified atom stereocenters. The summed E-state index contributed by atoms with van der Waals surface area (Å²) in [6.45, 7) is 13.6. The molecule has 0 amide bonds. The van der Waals surface area contributed by atoms with Crippen molar-refractivity contribution in [3.63, 3.8) is 0 Å². The molecule has 4 atom stereocenters. The van der Waals surface area contributed by atoms with Crippen LogP contribution >= 0.6 is 61.1 Å². The van der Waals surface area contributed by atoms with E-state index in [1.807, 2.05) is 0 Å². The van der Waals surface area contributed by atoms with Gasteiger partial charge in [0.25, 0.3) is 0 Å². The van der Waals surface area contributed by atoms with Gasteiger partial charge in [-0.05, 0) is 0 Å². The SMILES string of the molecule is CC(C)(C)c1cc(I)c(O)c(C[S]2=[Ti]=[S](Cc3cc(C(C)(C)C)cc(I)c3O)[C@H]3CCCCCC[C@@H]32)c1. The number of aromatic hydroxyl groups is 2. The third kappa shape index (κ3) is 7.41. The molecule has 0 radical (unpaired) electrons. The van der Waals surface area contributed by atoms with E-state index in [2.05, 4.69) is 111 Å². The zero-order valence-electron chi connectivity index (χ0n) is 23.1. The summed E-state index contributed by atoms with van der Waals surface area (Å²) in [6, 6.07) is 8.96. The molecule has 2 aromatic rings. The van der Waals surface area contributed by atoms with Crippen molar-refractivity contribution in [3.05, 3.63) is 53.7 Å². The Kier molecular flexibility index (Phi) is 10.4. The van der Waals surface area contributed by atoms with Crippen molar-refractivity contribution in [2.24, 2.45) is 0 Å². The fourth-order valence-corrected chi connectivity index (χ4v) is 27.5. The molecule has 2 aliphatic rings. The first-order valence-corrected chi connectivity index (χ1v) is 22.3. The first-order valence-electron chi connectivity index (χ1n) is 13.4. The summed E-state index contributed by atoms with van der Waals surface area (Å²) < 4.78 is 1.99. The first kappa shape index (κ1) is 30.9. The summed E-state index contributed by atoms with van der Waals surface area (Å²) in [5, 5.41) is 23.8. The van der Waals surface area contributed by atoms with Gasteiger partial charge in [-0.25, -0.2) is 0 Å². The van der Waals surface area contributed by atoms with Crippen molar-refractivity contribution in [1.29, 1.82) is 0 Å². The Bertz CT molecular complexity index is 1160. The predicted molar refractivity (Wildman–Crippen MR) is 177 cm³/mol. The molecule has 2 aromatic carbocycles. The van der Waals surface area contributed by atoms with Gasteiger partial charge in [-0.3, -0.25) is 0 Å². The molecule has 37 heavy (non-hydrogen) atoms. The molecule has 1 aliphatic heterocycles. The van der Waals surface area contributed by atoms with E-state index in [9.17, 15) is 10.2 Å². The summed E-state index contributed by atoms with van der Waals surface area (Å²) in [6.07, 6.45) is 8.21. The third-order valence-corrected chi connectivity index (χ3v) is 25.3. The second-order valence-electron chi connectivity index (χ2n) is 12.7. The second kappa shape index (κ2) is 12.4. The number of hydrogen-bond acceptors (Lipinski definition) is 2. The van der Waals surface area contributed by atoms with Crippen LogP contribution in [0.4, 0.5) is 0 Å². The van der Waals surface area contributed by atoms with Crippen LogP contribution in [0.25, 0.3) is 0 Å². The summed E-state index contributed by atoms with van der Waals surface area (Å²) >= 11 is 4.46. The van der Waals surface area contributed by atoms with Gasteiger partial charge in [0, 0.05) is 0 Å². The number of fused-ring (bicyclic) bond motifs is 1. The van der Waals surface area contributed by atoms with Crippen LogP contribution in [-0.2, 0) is 37.8 Å². The summed E-state index contributed by atoms with van der Waals surface area (Å²) in [5.41, 5.74) is 5.19. The van der Waals surface area contributed by atoms with Gasteiger partial charge < -0.3 is 0 Å². The number of halogens is 2. The fourth-order valence-electron chi connectivity index (χ4n) is 5.33. The third-order valence-electron chi connectivity index (χ3n) is 7.73. The molecule has 1 aliphatic carbocycles. The van der Waals surface area contributed by atoms with Crippen LogP contribution in [0.2, 0.25) is 0 Å². The van der Waals surface area contributed by atoms with Crippen molar-refractivity contribution in [2.45, 2.75) is 113 Å². The van der Waals surface area contributed by atoms with Crippen LogP contribution < -0.4 is 0 Å². The average molecular weight is 800 g/mol. The molecule has 0 aromatic heterocycles. The Balaban J connectivity index is 1.77. The van der Waals surface area contributed by atoms with Gasteiger partial charge in [-0.2, -0.15) is 0 Å². The number of rotatable bonds is 4.